The molecule has 0 aliphatic heterocycles. The molecule has 1 rings (SSSR count). The maximum atomic E-state index is 11.6. The van der Waals surface area contributed by atoms with Crippen LogP contribution in [0.5, 0.6) is 0 Å². The van der Waals surface area contributed by atoms with Gasteiger partial charge in [-0.1, -0.05) is 25.4 Å². The molecule has 0 radical (unpaired) electrons. The molecule has 6 heteroatoms. The van der Waals surface area contributed by atoms with E-state index in [4.69, 9.17) is 17.3 Å². The van der Waals surface area contributed by atoms with Crippen molar-refractivity contribution in [2.45, 2.75) is 32.2 Å². The number of hydrogen-bond acceptors (Lipinski definition) is 4. The number of nitrogens with zero attached hydrogens (tertiary/aromatic N) is 2. The summed E-state index contributed by atoms with van der Waals surface area (Å²) in [6.07, 6.45) is 3.26. The van der Waals surface area contributed by atoms with Crippen LogP contribution in [0.15, 0.2) is 11.0 Å². The van der Waals surface area contributed by atoms with Crippen molar-refractivity contribution >= 4 is 17.3 Å². The third-order valence-corrected chi connectivity index (χ3v) is 3.59. The molecule has 0 saturated heterocycles. The van der Waals surface area contributed by atoms with E-state index in [9.17, 15) is 4.79 Å². The molecular weight excluding hydrogens is 240 g/mol. The van der Waals surface area contributed by atoms with Crippen molar-refractivity contribution in [1.82, 2.24) is 9.78 Å². The largest absolute Gasteiger partial charge is 0.376 e. The van der Waals surface area contributed by atoms with E-state index in [-0.39, 0.29) is 16.1 Å². The molecular formula is C11H19ClN4O. The zero-order valence-electron chi connectivity index (χ0n) is 10.5. The fraction of sp³-hybridized carbons (Fsp3) is 0.636. The highest BCUT2D eigenvalue weighted by Gasteiger charge is 2.25. The summed E-state index contributed by atoms with van der Waals surface area (Å²) in [6.45, 7) is 4.57. The highest BCUT2D eigenvalue weighted by Crippen LogP contribution is 2.24. The van der Waals surface area contributed by atoms with E-state index in [2.05, 4.69) is 10.4 Å². The Kier molecular flexibility index (Phi) is 4.54. The fourth-order valence-electron chi connectivity index (χ4n) is 1.65. The van der Waals surface area contributed by atoms with Crippen molar-refractivity contribution in [3.8, 4) is 0 Å². The predicted octanol–water partition coefficient (Wildman–Crippen LogP) is 1.36. The van der Waals surface area contributed by atoms with Gasteiger partial charge in [-0.05, 0) is 12.8 Å². The number of hydrogen-bond donors (Lipinski definition) is 2. The molecule has 1 heterocycles. The van der Waals surface area contributed by atoms with Gasteiger partial charge < -0.3 is 11.1 Å². The van der Waals surface area contributed by atoms with Gasteiger partial charge in [-0.2, -0.15) is 5.10 Å². The summed E-state index contributed by atoms with van der Waals surface area (Å²) in [4.78, 5) is 11.6. The first-order valence-electron chi connectivity index (χ1n) is 5.69. The van der Waals surface area contributed by atoms with Gasteiger partial charge in [0.25, 0.3) is 5.56 Å². The minimum absolute atomic E-state index is 0.155. The molecule has 5 nitrogen and oxygen atoms in total. The first kappa shape index (κ1) is 14.0. The molecule has 1 aromatic heterocycles. The van der Waals surface area contributed by atoms with E-state index < -0.39 is 0 Å². The molecule has 0 saturated carbocycles. The van der Waals surface area contributed by atoms with Gasteiger partial charge in [0.1, 0.15) is 5.02 Å². The highest BCUT2D eigenvalue weighted by atomic mass is 35.5. The van der Waals surface area contributed by atoms with Gasteiger partial charge in [-0.3, -0.25) is 4.79 Å². The second-order valence-electron chi connectivity index (χ2n) is 4.12. The number of halogens is 1. The average Bonchev–Trinajstić information content (AvgIpc) is 2.36. The number of rotatable bonds is 5. The van der Waals surface area contributed by atoms with Crippen LogP contribution in [0.2, 0.25) is 5.02 Å². The monoisotopic (exact) mass is 258 g/mol. The minimum atomic E-state index is -0.310. The molecule has 0 bridgehead atoms. The van der Waals surface area contributed by atoms with E-state index in [0.29, 0.717) is 12.2 Å². The van der Waals surface area contributed by atoms with E-state index in [1.807, 2.05) is 13.8 Å². The molecule has 0 fully saturated rings. The van der Waals surface area contributed by atoms with Crippen LogP contribution in [0.1, 0.15) is 26.7 Å². The summed E-state index contributed by atoms with van der Waals surface area (Å²) in [5, 5.41) is 7.34. The minimum Gasteiger partial charge on any atom is -0.376 e. The topological polar surface area (TPSA) is 72.9 Å². The quantitative estimate of drug-likeness (QED) is 0.837. The van der Waals surface area contributed by atoms with Crippen LogP contribution in [0.4, 0.5) is 5.69 Å². The van der Waals surface area contributed by atoms with E-state index in [1.54, 1.807) is 13.2 Å². The second-order valence-corrected chi connectivity index (χ2v) is 4.50. The van der Waals surface area contributed by atoms with Crippen molar-refractivity contribution in [2.75, 3.05) is 11.9 Å². The lowest BCUT2D eigenvalue weighted by atomic mass is 9.93. The molecule has 17 heavy (non-hydrogen) atoms. The number of aryl methyl sites for hydroxylation is 1. The van der Waals surface area contributed by atoms with Gasteiger partial charge in [-0.25, -0.2) is 4.68 Å². The Morgan fingerprint density at radius 3 is 2.59 bits per heavy atom. The van der Waals surface area contributed by atoms with Crippen LogP contribution >= 0.6 is 11.6 Å². The van der Waals surface area contributed by atoms with Crippen molar-refractivity contribution < 1.29 is 0 Å². The van der Waals surface area contributed by atoms with Gasteiger partial charge in [0.2, 0.25) is 0 Å². The zero-order valence-corrected chi connectivity index (χ0v) is 11.2. The van der Waals surface area contributed by atoms with Gasteiger partial charge >= 0.3 is 0 Å². The third kappa shape index (κ3) is 2.79. The molecule has 0 aliphatic rings. The Morgan fingerprint density at radius 2 is 2.12 bits per heavy atom. The first-order valence-corrected chi connectivity index (χ1v) is 6.07. The Morgan fingerprint density at radius 1 is 1.53 bits per heavy atom. The Labute approximate surface area is 106 Å². The van der Waals surface area contributed by atoms with Gasteiger partial charge in [0.05, 0.1) is 11.9 Å². The molecule has 0 aromatic carbocycles. The van der Waals surface area contributed by atoms with Crippen molar-refractivity contribution in [3.63, 3.8) is 0 Å². The summed E-state index contributed by atoms with van der Waals surface area (Å²) < 4.78 is 1.20. The lowest BCUT2D eigenvalue weighted by Gasteiger charge is -2.32. The number of nitrogens with two attached hydrogens (primary N) is 1. The number of anilines is 1. The molecule has 1 aromatic rings. The molecule has 0 aliphatic carbocycles. The lowest BCUT2D eigenvalue weighted by molar-refractivity contribution is 0.445. The number of aromatic nitrogens is 2. The van der Waals surface area contributed by atoms with Crippen LogP contribution in [-0.2, 0) is 7.05 Å². The first-order chi connectivity index (χ1) is 7.99. The Bertz CT molecular complexity index is 431. The van der Waals surface area contributed by atoms with Crippen molar-refractivity contribution in [1.29, 1.82) is 0 Å². The summed E-state index contributed by atoms with van der Waals surface area (Å²) >= 11 is 6.00. The van der Waals surface area contributed by atoms with Crippen LogP contribution in [0, 0.1) is 0 Å². The zero-order chi connectivity index (χ0) is 13.1. The summed E-state index contributed by atoms with van der Waals surface area (Å²) in [6, 6.07) is 0. The highest BCUT2D eigenvalue weighted by molar-refractivity contribution is 6.32. The van der Waals surface area contributed by atoms with Gasteiger partial charge in [-0.15, -0.1) is 0 Å². The summed E-state index contributed by atoms with van der Waals surface area (Å²) in [5.41, 5.74) is 5.78. The molecule has 3 N–H and O–H groups in total. The van der Waals surface area contributed by atoms with Crippen LogP contribution < -0.4 is 16.6 Å². The predicted molar refractivity (Wildman–Crippen MR) is 70.5 cm³/mol. The van der Waals surface area contributed by atoms with E-state index in [1.165, 1.54) is 4.68 Å². The average molecular weight is 259 g/mol. The summed E-state index contributed by atoms with van der Waals surface area (Å²) in [7, 11) is 1.56. The second kappa shape index (κ2) is 5.51. The molecule has 0 atom stereocenters. The van der Waals surface area contributed by atoms with Crippen molar-refractivity contribution in [2.24, 2.45) is 12.8 Å². The maximum Gasteiger partial charge on any atom is 0.287 e. The van der Waals surface area contributed by atoms with Crippen molar-refractivity contribution in [3.05, 3.63) is 21.6 Å². The van der Waals surface area contributed by atoms with Gasteiger partial charge in [0.15, 0.2) is 0 Å². The normalized spacial score (nSPS) is 11.6. The molecule has 0 unspecified atom stereocenters. The van der Waals surface area contributed by atoms with E-state index in [0.717, 1.165) is 12.8 Å². The van der Waals surface area contributed by atoms with E-state index >= 15 is 0 Å². The standard InChI is InChI=1S/C11H19ClN4O/c1-4-11(5-2,7-13)15-8-6-14-16(3)10(17)9(8)12/h6,15H,4-5,7,13H2,1-3H3. The lowest BCUT2D eigenvalue weighted by Crippen LogP contribution is -2.44. The van der Waals surface area contributed by atoms with Crippen LogP contribution in [0.3, 0.4) is 0 Å². The van der Waals surface area contributed by atoms with Gasteiger partial charge in [0, 0.05) is 19.1 Å². The van der Waals surface area contributed by atoms with Crippen LogP contribution in [-0.4, -0.2) is 21.9 Å². The Hall–Kier alpha value is -1.07. The molecule has 0 amide bonds. The molecule has 0 spiro atoms. The smallest absolute Gasteiger partial charge is 0.287 e. The maximum absolute atomic E-state index is 11.6. The summed E-state index contributed by atoms with van der Waals surface area (Å²) in [5.74, 6) is 0. The Balaban J connectivity index is 3.11. The fourth-order valence-corrected chi connectivity index (χ4v) is 1.87. The number of nitrogens with one attached hydrogen (secondary N) is 1. The third-order valence-electron chi connectivity index (χ3n) is 3.22. The van der Waals surface area contributed by atoms with Crippen LogP contribution in [0.25, 0.3) is 0 Å². The SMILES string of the molecule is CCC(CC)(CN)Nc1cnn(C)c(=O)c1Cl. The molecule has 96 valence electrons.